The van der Waals surface area contributed by atoms with Crippen LogP contribution in [0.15, 0.2) is 0 Å². The second-order valence-electron chi connectivity index (χ2n) is 7.56. The molecular formula is C20H39NO4. The number of hydrogen-bond donors (Lipinski definition) is 0. The van der Waals surface area contributed by atoms with Gasteiger partial charge in [-0.05, 0) is 24.7 Å². The van der Waals surface area contributed by atoms with Crippen LogP contribution >= 0.6 is 0 Å². The highest BCUT2D eigenvalue weighted by Crippen LogP contribution is 2.14. The van der Waals surface area contributed by atoms with E-state index >= 15 is 0 Å². The SMILES string of the molecule is CCCCOC(=O)CC(C(=O)OCCCC)N(CC(C)C)CC(C)C. The first-order valence-electron chi connectivity index (χ1n) is 9.88. The predicted octanol–water partition coefficient (Wildman–Crippen LogP) is 4.05. The quantitative estimate of drug-likeness (QED) is 0.347. The summed E-state index contributed by atoms with van der Waals surface area (Å²) in [6.07, 6.45) is 3.70. The molecule has 0 aliphatic rings. The molecule has 0 saturated carbocycles. The van der Waals surface area contributed by atoms with Gasteiger partial charge in [0.1, 0.15) is 6.04 Å². The molecule has 0 saturated heterocycles. The molecule has 5 nitrogen and oxygen atoms in total. The van der Waals surface area contributed by atoms with Crippen molar-refractivity contribution in [2.24, 2.45) is 11.8 Å². The van der Waals surface area contributed by atoms with Crippen LogP contribution in [0.25, 0.3) is 0 Å². The van der Waals surface area contributed by atoms with Crippen LogP contribution < -0.4 is 0 Å². The van der Waals surface area contributed by atoms with Crippen molar-refractivity contribution in [3.63, 3.8) is 0 Å². The Hall–Kier alpha value is -1.10. The molecule has 0 aliphatic carbocycles. The Kier molecular flexibility index (Phi) is 13.5. The Morgan fingerprint density at radius 1 is 0.840 bits per heavy atom. The highest BCUT2D eigenvalue weighted by atomic mass is 16.5. The highest BCUT2D eigenvalue weighted by Gasteiger charge is 2.31. The van der Waals surface area contributed by atoms with Gasteiger partial charge in [0.25, 0.3) is 0 Å². The van der Waals surface area contributed by atoms with Gasteiger partial charge in [-0.2, -0.15) is 0 Å². The van der Waals surface area contributed by atoms with Gasteiger partial charge in [0.05, 0.1) is 19.6 Å². The van der Waals surface area contributed by atoms with Crippen LogP contribution in [0.2, 0.25) is 0 Å². The molecule has 0 radical (unpaired) electrons. The van der Waals surface area contributed by atoms with Crippen molar-refractivity contribution in [3.8, 4) is 0 Å². The van der Waals surface area contributed by atoms with Crippen molar-refractivity contribution in [2.75, 3.05) is 26.3 Å². The molecule has 148 valence electrons. The molecule has 0 rings (SSSR count). The molecule has 0 aromatic heterocycles. The smallest absolute Gasteiger partial charge is 0.323 e. The fraction of sp³-hybridized carbons (Fsp3) is 0.900. The van der Waals surface area contributed by atoms with Gasteiger partial charge in [-0.1, -0.05) is 54.4 Å². The number of hydrogen-bond acceptors (Lipinski definition) is 5. The molecular weight excluding hydrogens is 318 g/mol. The summed E-state index contributed by atoms with van der Waals surface area (Å²) < 4.78 is 10.7. The van der Waals surface area contributed by atoms with E-state index in [1.54, 1.807) is 0 Å². The number of carbonyl (C=O) groups is 2. The lowest BCUT2D eigenvalue weighted by Gasteiger charge is -2.32. The predicted molar refractivity (Wildman–Crippen MR) is 101 cm³/mol. The minimum Gasteiger partial charge on any atom is -0.466 e. The van der Waals surface area contributed by atoms with Gasteiger partial charge in [0.2, 0.25) is 0 Å². The first-order valence-corrected chi connectivity index (χ1v) is 9.88. The number of ether oxygens (including phenoxy) is 2. The zero-order valence-electron chi connectivity index (χ0n) is 17.2. The molecule has 0 N–H and O–H groups in total. The average Bonchev–Trinajstić information content (AvgIpc) is 2.51. The number of nitrogens with zero attached hydrogens (tertiary/aromatic N) is 1. The molecule has 5 heteroatoms. The molecule has 0 bridgehead atoms. The highest BCUT2D eigenvalue weighted by molar-refractivity contribution is 5.82. The molecule has 0 amide bonds. The van der Waals surface area contributed by atoms with Crippen molar-refractivity contribution >= 4 is 11.9 Å². The third-order valence-corrected chi connectivity index (χ3v) is 3.78. The van der Waals surface area contributed by atoms with Crippen molar-refractivity contribution in [1.82, 2.24) is 4.90 Å². The van der Waals surface area contributed by atoms with E-state index in [-0.39, 0.29) is 18.4 Å². The first kappa shape index (κ1) is 23.9. The maximum Gasteiger partial charge on any atom is 0.323 e. The molecule has 0 fully saturated rings. The lowest BCUT2D eigenvalue weighted by Crippen LogP contribution is -2.47. The molecule has 1 unspecified atom stereocenters. The standard InChI is InChI=1S/C20H39NO4/c1-7-9-11-24-19(22)13-18(20(23)25-12-10-8-2)21(14-16(3)4)15-17(5)6/h16-18H,7-15H2,1-6H3. The summed E-state index contributed by atoms with van der Waals surface area (Å²) in [5.41, 5.74) is 0. The van der Waals surface area contributed by atoms with Crippen LogP contribution in [0.4, 0.5) is 0 Å². The van der Waals surface area contributed by atoms with Crippen LogP contribution in [0.1, 0.15) is 73.6 Å². The van der Waals surface area contributed by atoms with Crippen molar-refractivity contribution in [1.29, 1.82) is 0 Å². The van der Waals surface area contributed by atoms with E-state index in [1.165, 1.54) is 0 Å². The second kappa shape index (κ2) is 14.1. The minimum absolute atomic E-state index is 0.0636. The molecule has 0 aromatic rings. The normalized spacial score (nSPS) is 12.7. The van der Waals surface area contributed by atoms with Gasteiger partial charge >= 0.3 is 11.9 Å². The van der Waals surface area contributed by atoms with E-state index in [0.29, 0.717) is 25.0 Å². The van der Waals surface area contributed by atoms with E-state index in [2.05, 4.69) is 46.4 Å². The third-order valence-electron chi connectivity index (χ3n) is 3.78. The maximum absolute atomic E-state index is 12.6. The fourth-order valence-electron chi connectivity index (χ4n) is 2.59. The Balaban J connectivity index is 5.03. The van der Waals surface area contributed by atoms with E-state index in [9.17, 15) is 9.59 Å². The van der Waals surface area contributed by atoms with E-state index in [0.717, 1.165) is 38.8 Å². The number of rotatable bonds is 14. The van der Waals surface area contributed by atoms with Crippen molar-refractivity contribution in [3.05, 3.63) is 0 Å². The largest absolute Gasteiger partial charge is 0.466 e. The van der Waals surface area contributed by atoms with E-state index in [4.69, 9.17) is 9.47 Å². The van der Waals surface area contributed by atoms with E-state index in [1.807, 2.05) is 0 Å². The first-order chi connectivity index (χ1) is 11.8. The molecule has 25 heavy (non-hydrogen) atoms. The zero-order valence-corrected chi connectivity index (χ0v) is 17.2. The minimum atomic E-state index is -0.559. The van der Waals surface area contributed by atoms with Gasteiger partial charge in [0, 0.05) is 13.1 Å². The number of carbonyl (C=O) groups excluding carboxylic acids is 2. The monoisotopic (exact) mass is 357 g/mol. The van der Waals surface area contributed by atoms with Crippen molar-refractivity contribution < 1.29 is 19.1 Å². The van der Waals surface area contributed by atoms with Gasteiger partial charge in [-0.15, -0.1) is 0 Å². The van der Waals surface area contributed by atoms with Crippen LogP contribution in [-0.4, -0.2) is 49.2 Å². The Morgan fingerprint density at radius 3 is 1.76 bits per heavy atom. The van der Waals surface area contributed by atoms with E-state index < -0.39 is 6.04 Å². The summed E-state index contributed by atoms with van der Waals surface area (Å²) in [6, 6.07) is -0.559. The van der Waals surface area contributed by atoms with Crippen LogP contribution in [0, 0.1) is 11.8 Å². The van der Waals surface area contributed by atoms with Gasteiger partial charge in [0.15, 0.2) is 0 Å². The summed E-state index contributed by atoms with van der Waals surface area (Å²) >= 11 is 0. The maximum atomic E-state index is 12.6. The van der Waals surface area contributed by atoms with Crippen LogP contribution in [-0.2, 0) is 19.1 Å². The van der Waals surface area contributed by atoms with Gasteiger partial charge in [-0.3, -0.25) is 14.5 Å². The topological polar surface area (TPSA) is 55.8 Å². The van der Waals surface area contributed by atoms with Crippen LogP contribution in [0.5, 0.6) is 0 Å². The number of esters is 2. The Labute approximate surface area is 154 Å². The fourth-order valence-corrected chi connectivity index (χ4v) is 2.59. The second-order valence-corrected chi connectivity index (χ2v) is 7.56. The molecule has 0 heterocycles. The third kappa shape index (κ3) is 12.0. The lowest BCUT2D eigenvalue weighted by atomic mass is 10.1. The van der Waals surface area contributed by atoms with Crippen molar-refractivity contribution in [2.45, 2.75) is 79.7 Å². The summed E-state index contributed by atoms with van der Waals surface area (Å²) in [5, 5.41) is 0. The van der Waals surface area contributed by atoms with Crippen LogP contribution in [0.3, 0.4) is 0 Å². The zero-order chi connectivity index (χ0) is 19.2. The summed E-state index contributed by atoms with van der Waals surface area (Å²) in [6.45, 7) is 14.9. The van der Waals surface area contributed by atoms with Gasteiger partial charge < -0.3 is 9.47 Å². The average molecular weight is 358 g/mol. The summed E-state index contributed by atoms with van der Waals surface area (Å²) in [7, 11) is 0. The summed E-state index contributed by atoms with van der Waals surface area (Å²) in [5.74, 6) is 0.187. The van der Waals surface area contributed by atoms with Gasteiger partial charge in [-0.25, -0.2) is 0 Å². The lowest BCUT2D eigenvalue weighted by molar-refractivity contribution is -0.157. The summed E-state index contributed by atoms with van der Waals surface area (Å²) in [4.78, 5) is 26.9. The number of unbranched alkanes of at least 4 members (excludes halogenated alkanes) is 2. The molecule has 1 atom stereocenters. The molecule has 0 aliphatic heterocycles. The Morgan fingerprint density at radius 2 is 1.32 bits per heavy atom. The Bertz CT molecular complexity index is 359. The molecule has 0 aromatic carbocycles. The molecule has 0 spiro atoms.